The molecule has 1 heterocycles. The van der Waals surface area contributed by atoms with E-state index in [0.717, 1.165) is 12.6 Å². The van der Waals surface area contributed by atoms with E-state index in [2.05, 4.69) is 21.7 Å². The second-order valence-electron chi connectivity index (χ2n) is 3.99. The third kappa shape index (κ3) is 3.27. The molecule has 74 valence electrons. The summed E-state index contributed by atoms with van der Waals surface area (Å²) >= 11 is 0. The minimum absolute atomic E-state index is 0.989. The van der Waals surface area contributed by atoms with E-state index in [1.807, 2.05) is 6.20 Å². The minimum Gasteiger partial charge on any atom is -0.373 e. The maximum atomic E-state index is 3.50. The lowest BCUT2D eigenvalue weighted by Gasteiger charge is -2.14. The minimum atomic E-state index is 0.989. The van der Waals surface area contributed by atoms with Crippen molar-refractivity contribution in [2.75, 3.05) is 26.3 Å². The Bertz CT molecular complexity index is 175. The van der Waals surface area contributed by atoms with Crippen molar-refractivity contribution in [2.24, 2.45) is 5.92 Å². The van der Waals surface area contributed by atoms with Crippen molar-refractivity contribution in [1.29, 1.82) is 0 Å². The summed E-state index contributed by atoms with van der Waals surface area (Å²) in [6, 6.07) is 0. The van der Waals surface area contributed by atoms with Crippen LogP contribution in [-0.2, 0) is 0 Å². The predicted octanol–water partition coefficient (Wildman–Crippen LogP) is 0.710. The zero-order valence-corrected chi connectivity index (χ0v) is 8.13. The van der Waals surface area contributed by atoms with E-state index in [-0.39, 0.29) is 0 Å². The quantitative estimate of drug-likeness (QED) is 0.591. The highest BCUT2D eigenvalue weighted by Crippen LogP contribution is 2.27. The molecule has 0 saturated heterocycles. The average molecular weight is 181 g/mol. The molecule has 0 bridgehead atoms. The van der Waals surface area contributed by atoms with E-state index in [4.69, 9.17) is 0 Å². The van der Waals surface area contributed by atoms with E-state index >= 15 is 0 Å². The van der Waals surface area contributed by atoms with Gasteiger partial charge in [0, 0.05) is 18.9 Å². The van der Waals surface area contributed by atoms with Crippen molar-refractivity contribution in [1.82, 2.24) is 15.5 Å². The van der Waals surface area contributed by atoms with Gasteiger partial charge in [0.05, 0.1) is 6.67 Å². The first-order valence-electron chi connectivity index (χ1n) is 5.30. The Balaban J connectivity index is 1.41. The van der Waals surface area contributed by atoms with Gasteiger partial charge in [-0.2, -0.15) is 0 Å². The van der Waals surface area contributed by atoms with Crippen molar-refractivity contribution >= 4 is 0 Å². The van der Waals surface area contributed by atoms with Crippen LogP contribution >= 0.6 is 0 Å². The third-order valence-corrected chi connectivity index (χ3v) is 2.63. The molecule has 1 aliphatic heterocycles. The Morgan fingerprint density at radius 1 is 1.46 bits per heavy atom. The fourth-order valence-electron chi connectivity index (χ4n) is 1.57. The fraction of sp³-hybridized carbons (Fsp3) is 0.800. The highest BCUT2D eigenvalue weighted by molar-refractivity contribution is 4.86. The molecule has 0 atom stereocenters. The molecule has 2 N–H and O–H groups in total. The summed E-state index contributed by atoms with van der Waals surface area (Å²) in [4.78, 5) is 2.30. The first kappa shape index (κ1) is 8.88. The van der Waals surface area contributed by atoms with Crippen molar-refractivity contribution < 1.29 is 0 Å². The Morgan fingerprint density at radius 2 is 2.38 bits per heavy atom. The van der Waals surface area contributed by atoms with Gasteiger partial charge in [-0.05, 0) is 38.3 Å². The van der Waals surface area contributed by atoms with Crippen molar-refractivity contribution in [3.63, 3.8) is 0 Å². The standard InChI is InChI=1S/C10H19N3/c1(4-11-8-10-2-3-10)6-13-7-5-12-9-13/h5,7,10-12H,1-4,6,8-9H2. The van der Waals surface area contributed by atoms with Crippen LogP contribution in [0.2, 0.25) is 0 Å². The maximum absolute atomic E-state index is 3.50. The van der Waals surface area contributed by atoms with Gasteiger partial charge in [-0.25, -0.2) is 0 Å². The second kappa shape index (κ2) is 4.51. The molecule has 0 radical (unpaired) electrons. The van der Waals surface area contributed by atoms with Gasteiger partial charge in [0.25, 0.3) is 0 Å². The third-order valence-electron chi connectivity index (χ3n) is 2.63. The van der Waals surface area contributed by atoms with Gasteiger partial charge in [0.2, 0.25) is 0 Å². The molecule has 2 rings (SSSR count). The second-order valence-corrected chi connectivity index (χ2v) is 3.99. The summed E-state index contributed by atoms with van der Waals surface area (Å²) < 4.78 is 0. The van der Waals surface area contributed by atoms with Crippen LogP contribution in [0.5, 0.6) is 0 Å². The number of hydrogen-bond acceptors (Lipinski definition) is 3. The Labute approximate surface area is 80.2 Å². The van der Waals surface area contributed by atoms with E-state index in [1.54, 1.807) is 0 Å². The lowest BCUT2D eigenvalue weighted by molar-refractivity contribution is 0.379. The first-order valence-corrected chi connectivity index (χ1v) is 5.30. The molecule has 0 aromatic carbocycles. The van der Waals surface area contributed by atoms with Crippen LogP contribution < -0.4 is 10.6 Å². The van der Waals surface area contributed by atoms with Crippen LogP contribution in [0.25, 0.3) is 0 Å². The summed E-state index contributed by atoms with van der Waals surface area (Å²) in [5.41, 5.74) is 0. The van der Waals surface area contributed by atoms with Crippen molar-refractivity contribution in [3.8, 4) is 0 Å². The fourth-order valence-corrected chi connectivity index (χ4v) is 1.57. The zero-order valence-electron chi connectivity index (χ0n) is 8.13. The number of nitrogens with zero attached hydrogens (tertiary/aromatic N) is 1. The molecule has 0 aromatic heterocycles. The van der Waals surface area contributed by atoms with E-state index in [0.29, 0.717) is 0 Å². The van der Waals surface area contributed by atoms with E-state index < -0.39 is 0 Å². The number of rotatable bonds is 6. The molecular formula is C10H19N3. The van der Waals surface area contributed by atoms with Crippen LogP contribution in [0.4, 0.5) is 0 Å². The molecule has 3 nitrogen and oxygen atoms in total. The molecule has 0 spiro atoms. The molecule has 2 aliphatic rings. The van der Waals surface area contributed by atoms with Gasteiger partial charge in [0.1, 0.15) is 0 Å². The summed E-state index contributed by atoms with van der Waals surface area (Å²) in [5, 5.41) is 6.67. The van der Waals surface area contributed by atoms with Crippen LogP contribution in [0.3, 0.4) is 0 Å². The SMILES string of the molecule is C1=CN(CCCNCC2CC2)CN1. The normalized spacial score (nSPS) is 20.8. The highest BCUT2D eigenvalue weighted by atomic mass is 15.2. The van der Waals surface area contributed by atoms with Gasteiger partial charge in [-0.1, -0.05) is 0 Å². The summed E-state index contributed by atoms with van der Waals surface area (Å²) in [6.07, 6.45) is 8.29. The van der Waals surface area contributed by atoms with Gasteiger partial charge in [-0.15, -0.1) is 0 Å². The lowest BCUT2D eigenvalue weighted by atomic mass is 10.3. The first-order chi connectivity index (χ1) is 6.45. The highest BCUT2D eigenvalue weighted by Gasteiger charge is 2.19. The molecular weight excluding hydrogens is 162 g/mol. The zero-order chi connectivity index (χ0) is 8.93. The Hall–Kier alpha value is -0.700. The van der Waals surface area contributed by atoms with Gasteiger partial charge in [-0.3, -0.25) is 0 Å². The molecule has 0 aromatic rings. The topological polar surface area (TPSA) is 27.3 Å². The summed E-state index contributed by atoms with van der Waals surface area (Å²) in [6.45, 7) is 4.57. The Kier molecular flexibility index (Phi) is 3.08. The van der Waals surface area contributed by atoms with E-state index in [9.17, 15) is 0 Å². The number of hydrogen-bond donors (Lipinski definition) is 2. The number of nitrogens with one attached hydrogen (secondary N) is 2. The predicted molar refractivity (Wildman–Crippen MR) is 54.1 cm³/mol. The van der Waals surface area contributed by atoms with Crippen LogP contribution in [0.15, 0.2) is 12.4 Å². The average Bonchev–Trinajstić information content (AvgIpc) is 2.81. The maximum Gasteiger partial charge on any atom is 0.0867 e. The van der Waals surface area contributed by atoms with Gasteiger partial charge in [0.15, 0.2) is 0 Å². The molecule has 3 heteroatoms. The van der Waals surface area contributed by atoms with Crippen LogP contribution in [0.1, 0.15) is 19.3 Å². The van der Waals surface area contributed by atoms with Crippen LogP contribution in [0, 0.1) is 5.92 Å². The molecule has 0 amide bonds. The van der Waals surface area contributed by atoms with Gasteiger partial charge >= 0.3 is 0 Å². The lowest BCUT2D eigenvalue weighted by Crippen LogP contribution is -2.26. The monoisotopic (exact) mass is 181 g/mol. The van der Waals surface area contributed by atoms with Crippen molar-refractivity contribution in [2.45, 2.75) is 19.3 Å². The molecule has 1 fully saturated rings. The van der Waals surface area contributed by atoms with E-state index in [1.165, 1.54) is 38.9 Å². The molecule has 13 heavy (non-hydrogen) atoms. The smallest absolute Gasteiger partial charge is 0.0867 e. The summed E-state index contributed by atoms with van der Waals surface area (Å²) in [5.74, 6) is 1.01. The largest absolute Gasteiger partial charge is 0.373 e. The molecule has 1 aliphatic carbocycles. The summed E-state index contributed by atoms with van der Waals surface area (Å²) in [7, 11) is 0. The van der Waals surface area contributed by atoms with Crippen LogP contribution in [-0.4, -0.2) is 31.2 Å². The Morgan fingerprint density at radius 3 is 3.08 bits per heavy atom. The molecule has 0 unspecified atom stereocenters. The molecule has 1 saturated carbocycles. The van der Waals surface area contributed by atoms with Crippen molar-refractivity contribution in [3.05, 3.63) is 12.4 Å². The van der Waals surface area contributed by atoms with Gasteiger partial charge < -0.3 is 15.5 Å².